The highest BCUT2D eigenvalue weighted by atomic mass is 19.1. The van der Waals surface area contributed by atoms with Gasteiger partial charge in [0.2, 0.25) is 0 Å². The average molecular weight is 379 g/mol. The zero-order valence-corrected chi connectivity index (χ0v) is 15.1. The van der Waals surface area contributed by atoms with E-state index in [9.17, 15) is 18.4 Å². The second kappa shape index (κ2) is 9.04. The Morgan fingerprint density at radius 3 is 1.86 bits per heavy atom. The molecule has 0 heterocycles. The van der Waals surface area contributed by atoms with Crippen LogP contribution in [0.5, 0.6) is 0 Å². The highest BCUT2D eigenvalue weighted by molar-refractivity contribution is 6.08. The van der Waals surface area contributed by atoms with Gasteiger partial charge in [0.05, 0.1) is 5.56 Å². The maximum atomic E-state index is 13.0. The summed E-state index contributed by atoms with van der Waals surface area (Å²) in [4.78, 5) is 25.2. The van der Waals surface area contributed by atoms with E-state index in [0.717, 1.165) is 11.1 Å². The largest absolute Gasteiger partial charge is 0.348 e. The van der Waals surface area contributed by atoms with Crippen LogP contribution in [0.3, 0.4) is 0 Å². The Bertz CT molecular complexity index is 886. The van der Waals surface area contributed by atoms with E-state index in [1.807, 2.05) is 0 Å². The molecule has 0 radical (unpaired) electrons. The number of nitrogens with one attached hydrogen (secondary N) is 1. The molecule has 0 aliphatic heterocycles. The van der Waals surface area contributed by atoms with E-state index in [1.165, 1.54) is 24.3 Å². The number of amides is 1. The number of carbonyl (C=O) groups is 2. The maximum Gasteiger partial charge on any atom is 0.252 e. The highest BCUT2D eigenvalue weighted by Crippen LogP contribution is 2.14. The SMILES string of the molecule is O=C(CCc1ccc(F)cc1)c1ccccc1C(=O)NCc1ccc(F)cc1. The molecule has 5 heteroatoms. The van der Waals surface area contributed by atoms with E-state index in [1.54, 1.807) is 48.5 Å². The Kier molecular flexibility index (Phi) is 6.27. The van der Waals surface area contributed by atoms with Gasteiger partial charge in [-0.05, 0) is 47.9 Å². The van der Waals surface area contributed by atoms with Crippen LogP contribution in [0.4, 0.5) is 8.78 Å². The van der Waals surface area contributed by atoms with Gasteiger partial charge in [-0.25, -0.2) is 8.78 Å². The lowest BCUT2D eigenvalue weighted by Crippen LogP contribution is -2.25. The van der Waals surface area contributed by atoms with Crippen molar-refractivity contribution in [2.24, 2.45) is 0 Å². The minimum absolute atomic E-state index is 0.156. The molecule has 0 bridgehead atoms. The van der Waals surface area contributed by atoms with Crippen LogP contribution in [-0.2, 0) is 13.0 Å². The molecule has 1 N–H and O–H groups in total. The Morgan fingerprint density at radius 1 is 0.714 bits per heavy atom. The topological polar surface area (TPSA) is 46.2 Å². The van der Waals surface area contributed by atoms with Crippen molar-refractivity contribution in [1.29, 1.82) is 0 Å². The van der Waals surface area contributed by atoms with Crippen LogP contribution in [0.1, 0.15) is 38.3 Å². The van der Waals surface area contributed by atoms with Crippen LogP contribution in [-0.4, -0.2) is 11.7 Å². The van der Waals surface area contributed by atoms with Crippen LogP contribution in [0.2, 0.25) is 0 Å². The van der Waals surface area contributed by atoms with Crippen molar-refractivity contribution in [3.63, 3.8) is 0 Å². The zero-order chi connectivity index (χ0) is 19.9. The van der Waals surface area contributed by atoms with Crippen molar-refractivity contribution in [3.8, 4) is 0 Å². The van der Waals surface area contributed by atoms with Crippen LogP contribution in [0.25, 0.3) is 0 Å². The Balaban J connectivity index is 1.65. The number of aryl methyl sites for hydroxylation is 1. The summed E-state index contributed by atoms with van der Waals surface area (Å²) in [5, 5.41) is 2.75. The van der Waals surface area contributed by atoms with E-state index < -0.39 is 0 Å². The molecule has 0 spiro atoms. The third kappa shape index (κ3) is 5.10. The monoisotopic (exact) mass is 379 g/mol. The van der Waals surface area contributed by atoms with Crippen molar-refractivity contribution < 1.29 is 18.4 Å². The summed E-state index contributed by atoms with van der Waals surface area (Å²) >= 11 is 0. The lowest BCUT2D eigenvalue weighted by Gasteiger charge is -2.10. The first-order valence-corrected chi connectivity index (χ1v) is 8.92. The molecule has 0 saturated heterocycles. The van der Waals surface area contributed by atoms with Gasteiger partial charge in [-0.1, -0.05) is 42.5 Å². The van der Waals surface area contributed by atoms with Crippen molar-refractivity contribution in [2.45, 2.75) is 19.4 Å². The molecule has 142 valence electrons. The lowest BCUT2D eigenvalue weighted by molar-refractivity contribution is 0.0929. The molecule has 0 unspecified atom stereocenters. The summed E-state index contributed by atoms with van der Waals surface area (Å²) in [5.74, 6) is -1.18. The first-order valence-electron chi connectivity index (χ1n) is 8.92. The summed E-state index contributed by atoms with van der Waals surface area (Å²) in [7, 11) is 0. The molecule has 3 aromatic rings. The minimum Gasteiger partial charge on any atom is -0.348 e. The molecule has 0 aliphatic rings. The Labute approximate surface area is 162 Å². The highest BCUT2D eigenvalue weighted by Gasteiger charge is 2.16. The molecule has 3 nitrogen and oxygen atoms in total. The molecule has 0 aliphatic carbocycles. The van der Waals surface area contributed by atoms with Gasteiger partial charge in [-0.3, -0.25) is 9.59 Å². The van der Waals surface area contributed by atoms with Crippen LogP contribution >= 0.6 is 0 Å². The number of benzene rings is 3. The predicted molar refractivity (Wildman–Crippen MR) is 103 cm³/mol. The van der Waals surface area contributed by atoms with E-state index in [4.69, 9.17) is 0 Å². The van der Waals surface area contributed by atoms with E-state index in [2.05, 4.69) is 5.32 Å². The van der Waals surface area contributed by atoms with Crippen molar-refractivity contribution >= 4 is 11.7 Å². The minimum atomic E-state index is -0.366. The number of rotatable bonds is 7. The van der Waals surface area contributed by atoms with E-state index in [-0.39, 0.29) is 36.3 Å². The number of halogens is 2. The van der Waals surface area contributed by atoms with Gasteiger partial charge >= 0.3 is 0 Å². The quantitative estimate of drug-likeness (QED) is 0.605. The molecule has 28 heavy (non-hydrogen) atoms. The summed E-state index contributed by atoms with van der Waals surface area (Å²) in [6.07, 6.45) is 0.679. The number of hydrogen-bond donors (Lipinski definition) is 1. The molecule has 0 aromatic heterocycles. The van der Waals surface area contributed by atoms with Gasteiger partial charge < -0.3 is 5.32 Å². The first-order chi connectivity index (χ1) is 13.5. The third-order valence-electron chi connectivity index (χ3n) is 4.39. The number of ketones is 1. The third-order valence-corrected chi connectivity index (χ3v) is 4.39. The molecule has 3 rings (SSSR count). The number of Topliss-reactive ketones (excluding diaryl/α,β-unsaturated/α-hetero) is 1. The Morgan fingerprint density at radius 2 is 1.25 bits per heavy atom. The van der Waals surface area contributed by atoms with Gasteiger partial charge in [0, 0.05) is 18.5 Å². The molecule has 0 fully saturated rings. The van der Waals surface area contributed by atoms with Crippen LogP contribution in [0, 0.1) is 11.6 Å². The van der Waals surface area contributed by atoms with Gasteiger partial charge in [0.1, 0.15) is 11.6 Å². The molecular formula is C23H19F2NO2. The zero-order valence-electron chi connectivity index (χ0n) is 15.1. The average Bonchev–Trinajstić information content (AvgIpc) is 2.72. The summed E-state index contributed by atoms with van der Waals surface area (Å²) in [5.41, 5.74) is 2.26. The maximum absolute atomic E-state index is 13.0. The first kappa shape index (κ1) is 19.4. The van der Waals surface area contributed by atoms with Crippen molar-refractivity contribution in [3.05, 3.63) is 107 Å². The lowest BCUT2D eigenvalue weighted by atomic mass is 9.98. The molecule has 0 saturated carbocycles. The van der Waals surface area contributed by atoms with Crippen molar-refractivity contribution in [1.82, 2.24) is 5.32 Å². The molecular weight excluding hydrogens is 360 g/mol. The fraction of sp³-hybridized carbons (Fsp3) is 0.130. The number of carbonyl (C=O) groups excluding carboxylic acids is 2. The summed E-state index contributed by atoms with van der Waals surface area (Å²) < 4.78 is 25.9. The Hall–Kier alpha value is -3.34. The smallest absolute Gasteiger partial charge is 0.252 e. The van der Waals surface area contributed by atoms with Crippen LogP contribution in [0.15, 0.2) is 72.8 Å². The standard InChI is InChI=1S/C23H19F2NO2/c24-18-10-5-16(6-11-18)9-14-22(27)20-3-1-2-4-21(20)23(28)26-15-17-7-12-19(25)13-8-17/h1-8,10-13H,9,14-15H2,(H,26,28). The van der Waals surface area contributed by atoms with Gasteiger partial charge in [0.25, 0.3) is 5.91 Å². The van der Waals surface area contributed by atoms with Gasteiger partial charge in [0.15, 0.2) is 5.78 Å². The molecule has 0 atom stereocenters. The molecule has 1 amide bonds. The second-order valence-electron chi connectivity index (χ2n) is 6.40. The predicted octanol–water partition coefficient (Wildman–Crippen LogP) is 4.71. The normalized spacial score (nSPS) is 10.5. The molecule has 3 aromatic carbocycles. The van der Waals surface area contributed by atoms with Gasteiger partial charge in [-0.15, -0.1) is 0 Å². The summed E-state index contributed by atoms with van der Waals surface area (Å²) in [6.45, 7) is 0.233. The van der Waals surface area contributed by atoms with Crippen molar-refractivity contribution in [2.75, 3.05) is 0 Å². The fourth-order valence-corrected chi connectivity index (χ4v) is 2.85. The van der Waals surface area contributed by atoms with Gasteiger partial charge in [-0.2, -0.15) is 0 Å². The van der Waals surface area contributed by atoms with E-state index >= 15 is 0 Å². The van der Waals surface area contributed by atoms with Crippen LogP contribution < -0.4 is 5.32 Å². The second-order valence-corrected chi connectivity index (χ2v) is 6.40. The van der Waals surface area contributed by atoms with E-state index in [0.29, 0.717) is 17.5 Å². The summed E-state index contributed by atoms with van der Waals surface area (Å²) in [6, 6.07) is 18.5. The number of hydrogen-bond acceptors (Lipinski definition) is 2. The fourth-order valence-electron chi connectivity index (χ4n) is 2.85.